The van der Waals surface area contributed by atoms with E-state index in [0.29, 0.717) is 23.6 Å². The molecule has 0 aliphatic heterocycles. The summed E-state index contributed by atoms with van der Waals surface area (Å²) < 4.78 is 26.2. The van der Waals surface area contributed by atoms with Crippen LogP contribution in [0.5, 0.6) is 0 Å². The summed E-state index contributed by atoms with van der Waals surface area (Å²) >= 11 is 5.97. The van der Waals surface area contributed by atoms with E-state index in [9.17, 15) is 22.8 Å². The van der Waals surface area contributed by atoms with Crippen LogP contribution in [0, 0.1) is 0 Å². The van der Waals surface area contributed by atoms with E-state index in [1.807, 2.05) is 0 Å². The highest BCUT2D eigenvalue weighted by atomic mass is 35.5. The number of benzene rings is 2. The molecular formula is C24H30ClN3O5S. The molecule has 0 aromatic heterocycles. The van der Waals surface area contributed by atoms with Gasteiger partial charge in [0.1, 0.15) is 12.6 Å². The summed E-state index contributed by atoms with van der Waals surface area (Å²) in [5.74, 6) is -1.10. The van der Waals surface area contributed by atoms with Gasteiger partial charge in [0.2, 0.25) is 21.8 Å². The first kappa shape index (κ1) is 27.3. The molecule has 2 aromatic rings. The highest BCUT2D eigenvalue weighted by molar-refractivity contribution is 7.92. The predicted molar refractivity (Wildman–Crippen MR) is 133 cm³/mol. The van der Waals surface area contributed by atoms with Gasteiger partial charge in [0.05, 0.1) is 11.9 Å². The number of hydrogen-bond acceptors (Lipinski definition) is 5. The summed E-state index contributed by atoms with van der Waals surface area (Å²) in [5, 5.41) is 3.27. The van der Waals surface area contributed by atoms with Crippen LogP contribution in [0.1, 0.15) is 43.1 Å². The Morgan fingerprint density at radius 2 is 1.71 bits per heavy atom. The van der Waals surface area contributed by atoms with Crippen LogP contribution in [-0.2, 0) is 26.2 Å². The van der Waals surface area contributed by atoms with Crippen LogP contribution >= 0.6 is 11.6 Å². The number of sulfonamides is 1. The number of rotatable bonds is 11. The van der Waals surface area contributed by atoms with Crippen LogP contribution in [0.15, 0.2) is 48.5 Å². The van der Waals surface area contributed by atoms with E-state index >= 15 is 0 Å². The summed E-state index contributed by atoms with van der Waals surface area (Å²) in [7, 11) is -3.87. The van der Waals surface area contributed by atoms with Gasteiger partial charge in [0, 0.05) is 23.7 Å². The number of nitrogens with one attached hydrogen (secondary N) is 1. The van der Waals surface area contributed by atoms with Gasteiger partial charge in [-0.2, -0.15) is 0 Å². The van der Waals surface area contributed by atoms with Gasteiger partial charge < -0.3 is 10.2 Å². The molecule has 1 N–H and O–H groups in total. The monoisotopic (exact) mass is 507 g/mol. The molecule has 0 radical (unpaired) electrons. The van der Waals surface area contributed by atoms with Crippen molar-refractivity contribution in [3.63, 3.8) is 0 Å². The van der Waals surface area contributed by atoms with E-state index in [4.69, 9.17) is 11.6 Å². The third kappa shape index (κ3) is 7.30. The van der Waals surface area contributed by atoms with Gasteiger partial charge in [0.25, 0.3) is 0 Å². The fraction of sp³-hybridized carbons (Fsp3) is 0.375. The van der Waals surface area contributed by atoms with Crippen molar-refractivity contribution < 1.29 is 22.8 Å². The van der Waals surface area contributed by atoms with E-state index in [2.05, 4.69) is 5.32 Å². The summed E-state index contributed by atoms with van der Waals surface area (Å²) in [6.45, 7) is 4.91. The number of halogens is 1. The quantitative estimate of drug-likeness (QED) is 0.470. The molecule has 34 heavy (non-hydrogen) atoms. The molecule has 1 atom stereocenters. The second-order valence-corrected chi connectivity index (χ2v) is 10.2. The molecule has 2 rings (SSSR count). The minimum absolute atomic E-state index is 0.0940. The van der Waals surface area contributed by atoms with E-state index in [0.717, 1.165) is 16.1 Å². The number of likely N-dealkylation sites (N-methyl/N-ethyl adjacent to an activating group) is 1. The molecule has 0 spiro atoms. The fourth-order valence-corrected chi connectivity index (χ4v) is 4.46. The molecule has 10 heteroatoms. The Balaban J connectivity index is 2.45. The lowest BCUT2D eigenvalue weighted by Gasteiger charge is -2.32. The number of anilines is 1. The van der Waals surface area contributed by atoms with Crippen LogP contribution in [0.4, 0.5) is 5.69 Å². The average molecular weight is 508 g/mol. The molecule has 0 fully saturated rings. The molecule has 0 aliphatic carbocycles. The first-order valence-corrected chi connectivity index (χ1v) is 13.1. The first-order valence-electron chi connectivity index (χ1n) is 10.9. The second-order valence-electron chi connectivity index (χ2n) is 7.84. The molecule has 184 valence electrons. The van der Waals surface area contributed by atoms with Gasteiger partial charge in [-0.15, -0.1) is 0 Å². The Morgan fingerprint density at radius 1 is 1.06 bits per heavy atom. The molecule has 0 heterocycles. The smallest absolute Gasteiger partial charge is 0.244 e. The zero-order valence-corrected chi connectivity index (χ0v) is 21.3. The Bertz CT molecular complexity index is 1140. The number of carbonyl (C=O) groups is 3. The molecule has 0 saturated carbocycles. The molecule has 0 aliphatic rings. The summed E-state index contributed by atoms with van der Waals surface area (Å²) in [4.78, 5) is 39.4. The van der Waals surface area contributed by atoms with Crippen LogP contribution in [-0.4, -0.2) is 56.3 Å². The Kier molecular flexibility index (Phi) is 9.64. The largest absolute Gasteiger partial charge is 0.355 e. The SMILES string of the molecule is CCNC(=O)[C@H](CC)N(Cc1ccc(Cl)cc1)C(=O)CN(c1cccc(C(C)=O)c1)S(C)(=O)=O. The van der Waals surface area contributed by atoms with Gasteiger partial charge in [-0.3, -0.25) is 18.7 Å². The second kappa shape index (κ2) is 12.0. The van der Waals surface area contributed by atoms with Crippen molar-refractivity contribution >= 4 is 44.9 Å². The first-order chi connectivity index (χ1) is 16.0. The lowest BCUT2D eigenvalue weighted by atomic mass is 10.1. The minimum atomic E-state index is -3.87. The van der Waals surface area contributed by atoms with Crippen molar-refractivity contribution in [1.29, 1.82) is 0 Å². The number of Topliss-reactive ketones (excluding diaryl/α,β-unsaturated/α-hetero) is 1. The Morgan fingerprint density at radius 3 is 2.24 bits per heavy atom. The number of amides is 2. The van der Waals surface area contributed by atoms with Gasteiger partial charge in [-0.1, -0.05) is 42.8 Å². The zero-order valence-electron chi connectivity index (χ0n) is 19.7. The lowest BCUT2D eigenvalue weighted by molar-refractivity contribution is -0.140. The molecule has 0 bridgehead atoms. The average Bonchev–Trinajstić information content (AvgIpc) is 2.78. The molecule has 8 nitrogen and oxygen atoms in total. The van der Waals surface area contributed by atoms with Crippen molar-refractivity contribution in [1.82, 2.24) is 10.2 Å². The van der Waals surface area contributed by atoms with Crippen LogP contribution in [0.2, 0.25) is 5.02 Å². The molecule has 0 saturated heterocycles. The predicted octanol–water partition coefficient (Wildman–Crippen LogP) is 3.25. The number of carbonyl (C=O) groups excluding carboxylic acids is 3. The van der Waals surface area contributed by atoms with Crippen LogP contribution in [0.3, 0.4) is 0 Å². The standard InChI is InChI=1S/C24H30ClN3O5S/c1-5-22(24(31)26-6-2)27(15-18-10-12-20(25)13-11-18)23(30)16-28(34(4,32)33)21-9-7-8-19(14-21)17(3)29/h7-14,22H,5-6,15-16H2,1-4H3,(H,26,31)/t22-/m0/s1. The van der Waals surface area contributed by atoms with E-state index in [-0.39, 0.29) is 23.9 Å². The fourth-order valence-electron chi connectivity index (χ4n) is 3.49. The van der Waals surface area contributed by atoms with Gasteiger partial charge in [-0.25, -0.2) is 8.42 Å². The lowest BCUT2D eigenvalue weighted by Crippen LogP contribution is -2.52. The van der Waals surface area contributed by atoms with Crippen molar-refractivity contribution in [2.75, 3.05) is 23.7 Å². The topological polar surface area (TPSA) is 104 Å². The highest BCUT2D eigenvalue weighted by Crippen LogP contribution is 2.21. The van der Waals surface area contributed by atoms with Gasteiger partial charge in [0.15, 0.2) is 5.78 Å². The summed E-state index contributed by atoms with van der Waals surface area (Å²) in [6, 6.07) is 12.1. The summed E-state index contributed by atoms with van der Waals surface area (Å²) in [5.41, 5.74) is 1.26. The molecule has 2 amide bonds. The van der Waals surface area contributed by atoms with E-state index < -0.39 is 28.5 Å². The number of nitrogens with zero attached hydrogens (tertiary/aromatic N) is 2. The van der Waals surface area contributed by atoms with Crippen LogP contribution in [0.25, 0.3) is 0 Å². The maximum Gasteiger partial charge on any atom is 0.244 e. The zero-order chi connectivity index (χ0) is 25.5. The van der Waals surface area contributed by atoms with Crippen LogP contribution < -0.4 is 9.62 Å². The maximum absolute atomic E-state index is 13.5. The Labute approximate surface area is 205 Å². The maximum atomic E-state index is 13.5. The van der Waals surface area contributed by atoms with Crippen molar-refractivity contribution in [2.45, 2.75) is 39.8 Å². The van der Waals surface area contributed by atoms with Crippen molar-refractivity contribution in [2.24, 2.45) is 0 Å². The molecule has 2 aromatic carbocycles. The van der Waals surface area contributed by atoms with Gasteiger partial charge in [-0.05, 0) is 50.1 Å². The minimum Gasteiger partial charge on any atom is -0.355 e. The third-order valence-electron chi connectivity index (χ3n) is 5.22. The van der Waals surface area contributed by atoms with Crippen molar-refractivity contribution in [3.8, 4) is 0 Å². The van der Waals surface area contributed by atoms with Crippen molar-refractivity contribution in [3.05, 3.63) is 64.7 Å². The number of hydrogen-bond donors (Lipinski definition) is 1. The third-order valence-corrected chi connectivity index (χ3v) is 6.62. The Hall–Kier alpha value is -2.91. The van der Waals surface area contributed by atoms with Gasteiger partial charge >= 0.3 is 0 Å². The highest BCUT2D eigenvalue weighted by Gasteiger charge is 2.31. The van der Waals surface area contributed by atoms with E-state index in [1.54, 1.807) is 50.2 Å². The normalized spacial score (nSPS) is 12.0. The molecular weight excluding hydrogens is 478 g/mol. The summed E-state index contributed by atoms with van der Waals surface area (Å²) in [6.07, 6.45) is 1.33. The number of ketones is 1. The molecule has 0 unspecified atom stereocenters. The van der Waals surface area contributed by atoms with E-state index in [1.165, 1.54) is 24.0 Å².